The Morgan fingerprint density at radius 3 is 2.74 bits per heavy atom. The SMILES string of the molecule is CCn1nc(C)cc1-c1nc(-c2cc(C(N)=O)cc3c2cnn3CC23CCCC2CCC3)n[nH]1. The first-order valence-electron chi connectivity index (χ1n) is 12.2. The fourth-order valence-electron chi connectivity index (χ4n) is 6.38. The summed E-state index contributed by atoms with van der Waals surface area (Å²) in [6.45, 7) is 5.62. The molecule has 9 heteroatoms. The highest BCUT2D eigenvalue weighted by Gasteiger charge is 2.46. The number of hydrogen-bond donors (Lipinski definition) is 2. The number of H-pyrrole nitrogens is 1. The van der Waals surface area contributed by atoms with Gasteiger partial charge in [-0.2, -0.15) is 15.3 Å². The lowest BCUT2D eigenvalue weighted by Gasteiger charge is -2.29. The van der Waals surface area contributed by atoms with E-state index in [1.807, 2.05) is 36.9 Å². The average Bonchev–Trinajstić information content (AvgIpc) is 3.62. The first kappa shape index (κ1) is 21.1. The van der Waals surface area contributed by atoms with Gasteiger partial charge in [-0.3, -0.25) is 19.3 Å². The molecule has 1 aromatic carbocycles. The highest BCUT2D eigenvalue weighted by molar-refractivity contribution is 6.02. The quantitative estimate of drug-likeness (QED) is 0.451. The first-order chi connectivity index (χ1) is 16.5. The standard InChI is InChI=1S/C25H30N8O/c1-3-32-21(10-15(2)31-32)24-28-23(29-30-24)18-11-16(22(26)34)12-20-19(18)13-27-33(20)14-25-8-4-6-17(25)7-5-9-25/h10-13,17H,3-9,14H2,1-2H3,(H2,26,34)(H,28,29,30). The van der Waals surface area contributed by atoms with Crippen molar-refractivity contribution in [1.82, 2.24) is 34.7 Å². The Kier molecular flexibility index (Phi) is 4.82. The molecule has 0 unspecified atom stereocenters. The Morgan fingerprint density at radius 2 is 2.00 bits per heavy atom. The molecule has 0 radical (unpaired) electrons. The maximum Gasteiger partial charge on any atom is 0.248 e. The van der Waals surface area contributed by atoms with Crippen molar-refractivity contribution in [2.24, 2.45) is 17.1 Å². The number of rotatable bonds is 6. The van der Waals surface area contributed by atoms with E-state index in [9.17, 15) is 4.79 Å². The van der Waals surface area contributed by atoms with Crippen LogP contribution in [-0.4, -0.2) is 40.6 Å². The molecule has 2 aliphatic rings. The van der Waals surface area contributed by atoms with Crippen molar-refractivity contribution in [2.45, 2.75) is 65.5 Å². The second-order valence-corrected chi connectivity index (χ2v) is 9.96. The second-order valence-electron chi connectivity index (χ2n) is 9.96. The van der Waals surface area contributed by atoms with Crippen molar-refractivity contribution in [3.63, 3.8) is 0 Å². The summed E-state index contributed by atoms with van der Waals surface area (Å²) in [6, 6.07) is 5.63. The molecule has 3 heterocycles. The average molecular weight is 459 g/mol. The Balaban J connectivity index is 1.44. The van der Waals surface area contributed by atoms with Crippen molar-refractivity contribution in [2.75, 3.05) is 0 Å². The number of nitrogens with one attached hydrogen (secondary N) is 1. The molecule has 3 aromatic heterocycles. The van der Waals surface area contributed by atoms with Crippen molar-refractivity contribution in [1.29, 1.82) is 0 Å². The van der Waals surface area contributed by atoms with Gasteiger partial charge < -0.3 is 5.73 Å². The van der Waals surface area contributed by atoms with Gasteiger partial charge in [0, 0.05) is 29.6 Å². The van der Waals surface area contributed by atoms with Gasteiger partial charge >= 0.3 is 0 Å². The third-order valence-electron chi connectivity index (χ3n) is 8.00. The maximum atomic E-state index is 12.2. The van der Waals surface area contributed by atoms with Crippen LogP contribution in [0.5, 0.6) is 0 Å². The lowest BCUT2D eigenvalue weighted by atomic mass is 9.80. The van der Waals surface area contributed by atoms with Crippen molar-refractivity contribution >= 4 is 16.8 Å². The van der Waals surface area contributed by atoms with E-state index in [4.69, 9.17) is 15.8 Å². The molecule has 2 fully saturated rings. The number of hydrogen-bond acceptors (Lipinski definition) is 5. The maximum absolute atomic E-state index is 12.2. The van der Waals surface area contributed by atoms with Gasteiger partial charge in [0.15, 0.2) is 11.6 Å². The van der Waals surface area contributed by atoms with E-state index in [1.54, 1.807) is 6.07 Å². The molecule has 0 spiro atoms. The van der Waals surface area contributed by atoms with Gasteiger partial charge in [-0.1, -0.05) is 12.8 Å². The minimum atomic E-state index is -0.468. The lowest BCUT2D eigenvalue weighted by molar-refractivity contribution is 0.100. The highest BCUT2D eigenvalue weighted by Crippen LogP contribution is 2.55. The highest BCUT2D eigenvalue weighted by atomic mass is 16.1. The first-order valence-corrected chi connectivity index (χ1v) is 12.2. The third kappa shape index (κ3) is 3.25. The number of benzene rings is 1. The molecule has 2 saturated carbocycles. The Labute approximate surface area is 197 Å². The lowest BCUT2D eigenvalue weighted by Crippen LogP contribution is -2.27. The molecular formula is C25H30N8O. The summed E-state index contributed by atoms with van der Waals surface area (Å²) in [5.74, 6) is 1.47. The number of aryl methyl sites for hydroxylation is 2. The van der Waals surface area contributed by atoms with E-state index >= 15 is 0 Å². The molecule has 0 saturated heterocycles. The summed E-state index contributed by atoms with van der Waals surface area (Å²) in [5.41, 5.74) is 9.97. The normalized spacial score (nSPS) is 22.0. The predicted octanol–water partition coefficient (Wildman–Crippen LogP) is 4.08. The van der Waals surface area contributed by atoms with E-state index < -0.39 is 5.91 Å². The summed E-state index contributed by atoms with van der Waals surface area (Å²) in [5, 5.41) is 17.8. The molecule has 0 bridgehead atoms. The number of carbonyl (C=O) groups excluding carboxylic acids is 1. The van der Waals surface area contributed by atoms with Crippen LogP contribution in [0.15, 0.2) is 24.4 Å². The summed E-state index contributed by atoms with van der Waals surface area (Å²) in [7, 11) is 0. The molecule has 2 aliphatic carbocycles. The zero-order valence-corrected chi connectivity index (χ0v) is 19.7. The molecular weight excluding hydrogens is 428 g/mol. The molecule has 4 aromatic rings. The van der Waals surface area contributed by atoms with Gasteiger partial charge in [0.25, 0.3) is 0 Å². The zero-order chi connectivity index (χ0) is 23.4. The smallest absolute Gasteiger partial charge is 0.248 e. The van der Waals surface area contributed by atoms with Crippen LogP contribution in [0.3, 0.4) is 0 Å². The minimum Gasteiger partial charge on any atom is -0.366 e. The number of primary amides is 1. The third-order valence-corrected chi connectivity index (χ3v) is 8.00. The van der Waals surface area contributed by atoms with E-state index in [-0.39, 0.29) is 0 Å². The predicted molar refractivity (Wildman–Crippen MR) is 129 cm³/mol. The van der Waals surface area contributed by atoms with Crippen LogP contribution in [0.25, 0.3) is 33.8 Å². The second kappa shape index (κ2) is 7.78. The fourth-order valence-corrected chi connectivity index (χ4v) is 6.38. The summed E-state index contributed by atoms with van der Waals surface area (Å²) in [4.78, 5) is 17.0. The van der Waals surface area contributed by atoms with E-state index in [2.05, 4.69) is 20.0 Å². The van der Waals surface area contributed by atoms with Crippen molar-refractivity contribution in [3.8, 4) is 22.9 Å². The Hall–Kier alpha value is -3.49. The van der Waals surface area contributed by atoms with Gasteiger partial charge in [-0.25, -0.2) is 4.98 Å². The largest absolute Gasteiger partial charge is 0.366 e. The van der Waals surface area contributed by atoms with Crippen molar-refractivity contribution in [3.05, 3.63) is 35.7 Å². The Bertz CT molecular complexity index is 1380. The molecule has 34 heavy (non-hydrogen) atoms. The van der Waals surface area contributed by atoms with Crippen LogP contribution in [0.2, 0.25) is 0 Å². The molecule has 176 valence electrons. The zero-order valence-electron chi connectivity index (χ0n) is 19.7. The summed E-state index contributed by atoms with van der Waals surface area (Å²) < 4.78 is 3.98. The summed E-state index contributed by atoms with van der Waals surface area (Å²) >= 11 is 0. The van der Waals surface area contributed by atoms with E-state index in [1.165, 1.54) is 38.5 Å². The van der Waals surface area contributed by atoms with Crippen LogP contribution < -0.4 is 5.73 Å². The van der Waals surface area contributed by atoms with Gasteiger partial charge in [-0.15, -0.1) is 0 Å². The number of amides is 1. The molecule has 0 aliphatic heterocycles. The van der Waals surface area contributed by atoms with E-state index in [0.29, 0.717) is 22.6 Å². The fraction of sp³-hybridized carbons (Fsp3) is 0.480. The summed E-state index contributed by atoms with van der Waals surface area (Å²) in [6.07, 6.45) is 9.65. The number of nitrogens with zero attached hydrogens (tertiary/aromatic N) is 6. The van der Waals surface area contributed by atoms with E-state index in [0.717, 1.165) is 46.9 Å². The van der Waals surface area contributed by atoms with Gasteiger partial charge in [0.1, 0.15) is 5.69 Å². The molecule has 6 rings (SSSR count). The minimum absolute atomic E-state index is 0.329. The topological polar surface area (TPSA) is 120 Å². The molecule has 9 nitrogen and oxygen atoms in total. The number of carbonyl (C=O) groups is 1. The van der Waals surface area contributed by atoms with Gasteiger partial charge in [0.2, 0.25) is 5.91 Å². The van der Waals surface area contributed by atoms with Crippen LogP contribution in [0.1, 0.15) is 61.5 Å². The van der Waals surface area contributed by atoms with Crippen LogP contribution in [0.4, 0.5) is 0 Å². The number of nitrogens with two attached hydrogens (primary N) is 1. The molecule has 1 amide bonds. The number of fused-ring (bicyclic) bond motifs is 2. The monoisotopic (exact) mass is 458 g/mol. The van der Waals surface area contributed by atoms with Gasteiger partial charge in [-0.05, 0) is 69.1 Å². The van der Waals surface area contributed by atoms with Crippen LogP contribution >= 0.6 is 0 Å². The van der Waals surface area contributed by atoms with Gasteiger partial charge in [0.05, 0.1) is 17.4 Å². The number of aromatic amines is 1. The molecule has 0 atom stereocenters. The number of aromatic nitrogens is 7. The molecule has 3 N–H and O–H groups in total. The van der Waals surface area contributed by atoms with Crippen LogP contribution in [-0.2, 0) is 13.1 Å². The van der Waals surface area contributed by atoms with Crippen LogP contribution in [0, 0.1) is 18.3 Å². The Morgan fingerprint density at radius 1 is 1.21 bits per heavy atom. The van der Waals surface area contributed by atoms with Crippen molar-refractivity contribution < 1.29 is 4.79 Å².